The molecule has 0 bridgehead atoms. The zero-order valence-corrected chi connectivity index (χ0v) is 16.3. The predicted octanol–water partition coefficient (Wildman–Crippen LogP) is 2.60. The molecule has 0 unspecified atom stereocenters. The molecule has 0 fully saturated rings. The Morgan fingerprint density at radius 2 is 1.81 bits per heavy atom. The van der Waals surface area contributed by atoms with Crippen LogP contribution in [0.2, 0.25) is 0 Å². The van der Waals surface area contributed by atoms with Crippen molar-refractivity contribution in [3.05, 3.63) is 64.3 Å². The van der Waals surface area contributed by atoms with Gasteiger partial charge in [-0.25, -0.2) is 14.6 Å². The monoisotopic (exact) mass is 447 g/mol. The highest BCUT2D eigenvalue weighted by molar-refractivity contribution is 7.14. The Kier molecular flexibility index (Phi) is 5.66. The van der Waals surface area contributed by atoms with Gasteiger partial charge in [-0.15, -0.1) is 10.2 Å². The molecule has 0 amide bonds. The molecule has 0 aromatic carbocycles. The van der Waals surface area contributed by atoms with Crippen molar-refractivity contribution >= 4 is 11.3 Å². The van der Waals surface area contributed by atoms with Crippen molar-refractivity contribution in [2.45, 2.75) is 12.7 Å². The van der Waals surface area contributed by atoms with Gasteiger partial charge in [0.15, 0.2) is 11.6 Å². The zero-order chi connectivity index (χ0) is 21.8. The molecule has 158 valence electrons. The molecule has 0 aliphatic heterocycles. The molecule has 4 aromatic rings. The maximum Gasteiger partial charge on any atom is 0.422 e. The molecule has 0 aliphatic carbocycles. The average molecular weight is 447 g/mol. The average Bonchev–Trinajstić information content (AvgIpc) is 3.23. The smallest absolute Gasteiger partial charge is 0.422 e. The first-order chi connectivity index (χ1) is 14.9. The van der Waals surface area contributed by atoms with Crippen LogP contribution in [-0.2, 0) is 6.54 Å². The highest BCUT2D eigenvalue weighted by Crippen LogP contribution is 2.22. The maximum absolute atomic E-state index is 12.2. The van der Waals surface area contributed by atoms with Crippen molar-refractivity contribution in [2.24, 2.45) is 0 Å². The number of hydrogen-bond acceptors (Lipinski definition) is 9. The molecule has 0 saturated heterocycles. The largest absolute Gasteiger partial charge is 0.454 e. The van der Waals surface area contributed by atoms with E-state index in [1.165, 1.54) is 40.5 Å². The van der Waals surface area contributed by atoms with Gasteiger partial charge in [-0.2, -0.15) is 18.3 Å². The van der Waals surface area contributed by atoms with Crippen molar-refractivity contribution < 1.29 is 17.9 Å². The number of nitrogens with zero attached hydrogens (tertiary/aromatic N) is 7. The third kappa shape index (κ3) is 5.25. The number of alkyl halides is 3. The number of halogens is 3. The van der Waals surface area contributed by atoms with Gasteiger partial charge in [0.25, 0.3) is 5.56 Å². The molecule has 4 heterocycles. The Morgan fingerprint density at radius 1 is 1.00 bits per heavy atom. The fraction of sp³-hybridized carbons (Fsp3) is 0.167. The summed E-state index contributed by atoms with van der Waals surface area (Å²) in [4.78, 5) is 23.9. The predicted molar refractivity (Wildman–Crippen MR) is 103 cm³/mol. The van der Waals surface area contributed by atoms with Crippen LogP contribution in [0.5, 0.6) is 6.01 Å². The number of hydrogen-bond donors (Lipinski definition) is 0. The van der Waals surface area contributed by atoms with Crippen molar-refractivity contribution in [1.82, 2.24) is 34.9 Å². The van der Waals surface area contributed by atoms with Crippen LogP contribution < -0.4 is 10.3 Å². The molecule has 31 heavy (non-hydrogen) atoms. The van der Waals surface area contributed by atoms with Crippen LogP contribution in [0.25, 0.3) is 22.0 Å². The SMILES string of the molecule is O=c1ccc(-c2cnc(OCC(F)(F)F)nc2)nn1Cc1nnc(-c2ccccn2)s1. The van der Waals surface area contributed by atoms with Gasteiger partial charge in [-0.05, 0) is 18.2 Å². The van der Waals surface area contributed by atoms with Crippen LogP contribution >= 0.6 is 11.3 Å². The van der Waals surface area contributed by atoms with Crippen molar-refractivity contribution in [3.8, 4) is 28.0 Å². The Labute approximate surface area is 176 Å². The highest BCUT2D eigenvalue weighted by atomic mass is 32.1. The lowest BCUT2D eigenvalue weighted by Gasteiger charge is -2.08. The molecule has 9 nitrogen and oxygen atoms in total. The minimum absolute atomic E-state index is 0.0881. The fourth-order valence-electron chi connectivity index (χ4n) is 2.42. The maximum atomic E-state index is 12.2. The number of rotatable bonds is 6. The first kappa shape index (κ1) is 20.5. The van der Waals surface area contributed by atoms with Crippen molar-refractivity contribution in [2.75, 3.05) is 6.61 Å². The summed E-state index contributed by atoms with van der Waals surface area (Å²) in [5.74, 6) is 0. The van der Waals surface area contributed by atoms with Gasteiger partial charge in [0, 0.05) is 30.2 Å². The third-order valence-electron chi connectivity index (χ3n) is 3.79. The first-order valence-electron chi connectivity index (χ1n) is 8.71. The first-order valence-corrected chi connectivity index (χ1v) is 9.53. The summed E-state index contributed by atoms with van der Waals surface area (Å²) in [7, 11) is 0. The second kappa shape index (κ2) is 8.55. The van der Waals surface area contributed by atoms with E-state index in [4.69, 9.17) is 0 Å². The van der Waals surface area contributed by atoms with Crippen LogP contribution in [0.3, 0.4) is 0 Å². The summed E-state index contributed by atoms with van der Waals surface area (Å²) >= 11 is 1.28. The van der Waals surface area contributed by atoms with Gasteiger partial charge >= 0.3 is 12.2 Å². The topological polar surface area (TPSA) is 109 Å². The molecular formula is C18H12F3N7O2S. The Morgan fingerprint density at radius 3 is 2.52 bits per heavy atom. The Bertz CT molecular complexity index is 1230. The van der Waals surface area contributed by atoms with Crippen LogP contribution in [0, 0.1) is 0 Å². The van der Waals surface area contributed by atoms with E-state index in [1.54, 1.807) is 18.3 Å². The summed E-state index contributed by atoms with van der Waals surface area (Å²) in [6.07, 6.45) is -0.312. The molecule has 0 spiro atoms. The van der Waals surface area contributed by atoms with Crippen molar-refractivity contribution in [3.63, 3.8) is 0 Å². The fourth-order valence-corrected chi connectivity index (χ4v) is 3.22. The lowest BCUT2D eigenvalue weighted by Crippen LogP contribution is -2.23. The highest BCUT2D eigenvalue weighted by Gasteiger charge is 2.28. The second-order valence-corrected chi connectivity index (χ2v) is 7.15. The van der Waals surface area contributed by atoms with Gasteiger partial charge in [0.1, 0.15) is 10.7 Å². The zero-order valence-electron chi connectivity index (χ0n) is 15.5. The van der Waals surface area contributed by atoms with Crippen LogP contribution in [0.15, 0.2) is 53.7 Å². The van der Waals surface area contributed by atoms with Crippen LogP contribution in [-0.4, -0.2) is 47.7 Å². The standard InChI is InChI=1S/C18H12F3N7O2S/c19-18(20,21)10-30-17-23-7-11(8-24-17)12-4-5-15(29)28(27-12)9-14-25-26-16(31-14)13-3-1-2-6-22-13/h1-8H,9-10H2. The van der Waals surface area contributed by atoms with E-state index in [9.17, 15) is 18.0 Å². The summed E-state index contributed by atoms with van der Waals surface area (Å²) in [6, 6.07) is 7.80. The molecule has 0 N–H and O–H groups in total. The molecule has 4 rings (SSSR count). The summed E-state index contributed by atoms with van der Waals surface area (Å²) in [5, 5.41) is 13.6. The molecule has 0 saturated carbocycles. The molecule has 4 aromatic heterocycles. The quantitative estimate of drug-likeness (QED) is 0.444. The van der Waals surface area contributed by atoms with Gasteiger partial charge in [0.05, 0.1) is 12.2 Å². The van der Waals surface area contributed by atoms with Gasteiger partial charge in [-0.3, -0.25) is 9.78 Å². The minimum atomic E-state index is -4.49. The number of aromatic nitrogens is 7. The van der Waals surface area contributed by atoms with E-state index in [0.717, 1.165) is 0 Å². The van der Waals surface area contributed by atoms with E-state index in [-0.39, 0.29) is 12.1 Å². The van der Waals surface area contributed by atoms with Gasteiger partial charge < -0.3 is 4.74 Å². The van der Waals surface area contributed by atoms with E-state index >= 15 is 0 Å². The lowest BCUT2D eigenvalue weighted by atomic mass is 10.2. The van der Waals surface area contributed by atoms with E-state index in [2.05, 4.69) is 35.0 Å². The number of pyridine rings is 1. The molecule has 0 aliphatic rings. The van der Waals surface area contributed by atoms with Gasteiger partial charge in [-0.1, -0.05) is 17.4 Å². The van der Waals surface area contributed by atoms with E-state index < -0.39 is 18.8 Å². The third-order valence-corrected chi connectivity index (χ3v) is 4.72. The van der Waals surface area contributed by atoms with Crippen LogP contribution in [0.4, 0.5) is 13.2 Å². The lowest BCUT2D eigenvalue weighted by molar-refractivity contribution is -0.154. The molecule has 0 atom stereocenters. The molecule has 13 heteroatoms. The van der Waals surface area contributed by atoms with E-state index in [1.807, 2.05) is 6.07 Å². The summed E-state index contributed by atoms with van der Waals surface area (Å²) < 4.78 is 42.3. The van der Waals surface area contributed by atoms with Crippen molar-refractivity contribution in [1.29, 1.82) is 0 Å². The second-order valence-electron chi connectivity index (χ2n) is 6.09. The van der Waals surface area contributed by atoms with Crippen LogP contribution in [0.1, 0.15) is 5.01 Å². The molecule has 0 radical (unpaired) electrons. The molecular weight excluding hydrogens is 435 g/mol. The summed E-state index contributed by atoms with van der Waals surface area (Å²) in [6.45, 7) is -1.40. The Hall–Kier alpha value is -3.74. The number of ether oxygens (including phenoxy) is 1. The van der Waals surface area contributed by atoms with Gasteiger partial charge in [0.2, 0.25) is 0 Å². The normalized spacial score (nSPS) is 11.5. The van der Waals surface area contributed by atoms with E-state index in [0.29, 0.717) is 27.0 Å². The minimum Gasteiger partial charge on any atom is -0.454 e. The summed E-state index contributed by atoms with van der Waals surface area (Å²) in [5.41, 5.74) is 1.07. The Balaban J connectivity index is 1.51.